The van der Waals surface area contributed by atoms with Gasteiger partial charge in [0.25, 0.3) is 0 Å². The molecule has 1 unspecified atom stereocenters. The monoisotopic (exact) mass is 354 g/mol. The largest absolute Gasteiger partial charge is 0.361 e. The third-order valence-electron chi connectivity index (χ3n) is 4.61. The van der Waals surface area contributed by atoms with Crippen molar-refractivity contribution in [3.63, 3.8) is 0 Å². The molecule has 2 aromatic heterocycles. The van der Waals surface area contributed by atoms with Gasteiger partial charge in [-0.05, 0) is 53.3 Å². The van der Waals surface area contributed by atoms with Gasteiger partial charge in [-0.25, -0.2) is 0 Å². The molecule has 24 heavy (non-hydrogen) atoms. The van der Waals surface area contributed by atoms with Crippen LogP contribution in [0.2, 0.25) is 0 Å². The average molecular weight is 355 g/mol. The molecule has 3 heterocycles. The van der Waals surface area contributed by atoms with Gasteiger partial charge in [-0.3, -0.25) is 0 Å². The Labute approximate surface area is 151 Å². The Morgan fingerprint density at radius 1 is 1.17 bits per heavy atom. The molecule has 0 bridgehead atoms. The molecular weight excluding hydrogens is 332 g/mol. The van der Waals surface area contributed by atoms with Crippen LogP contribution in [-0.2, 0) is 5.75 Å². The Bertz CT molecular complexity index is 817. The number of thioether (sulfide) groups is 1. The van der Waals surface area contributed by atoms with E-state index in [0.29, 0.717) is 6.04 Å². The summed E-state index contributed by atoms with van der Waals surface area (Å²) in [7, 11) is 0. The molecule has 1 aliphatic rings. The van der Waals surface area contributed by atoms with E-state index in [2.05, 4.69) is 58.2 Å². The van der Waals surface area contributed by atoms with Crippen LogP contribution < -0.4 is 5.32 Å². The summed E-state index contributed by atoms with van der Waals surface area (Å²) in [6.07, 6.45) is 6.77. The number of hydrogen-bond acceptors (Lipinski definition) is 3. The maximum Gasteiger partial charge on any atom is 0.0457 e. The third-order valence-corrected chi connectivity index (χ3v) is 6.60. The second kappa shape index (κ2) is 7.60. The molecule has 0 spiro atoms. The van der Waals surface area contributed by atoms with E-state index >= 15 is 0 Å². The highest BCUT2D eigenvalue weighted by Crippen LogP contribution is 2.28. The Balaban J connectivity index is 1.27. The molecule has 1 atom stereocenters. The summed E-state index contributed by atoms with van der Waals surface area (Å²) in [5, 5.41) is 7.18. The highest BCUT2D eigenvalue weighted by molar-refractivity contribution is 7.98. The van der Waals surface area contributed by atoms with E-state index < -0.39 is 0 Å². The fourth-order valence-corrected chi connectivity index (χ4v) is 5.17. The van der Waals surface area contributed by atoms with Crippen molar-refractivity contribution in [1.29, 1.82) is 0 Å². The lowest BCUT2D eigenvalue weighted by atomic mass is 9.99. The molecule has 0 amide bonds. The van der Waals surface area contributed by atoms with Gasteiger partial charge in [0.1, 0.15) is 0 Å². The highest BCUT2D eigenvalue weighted by Gasteiger charge is 2.16. The van der Waals surface area contributed by atoms with Gasteiger partial charge in [-0.2, -0.15) is 11.8 Å². The van der Waals surface area contributed by atoms with E-state index in [1.54, 1.807) is 0 Å². The number of hydrogen-bond donors (Lipinski definition) is 2. The minimum Gasteiger partial charge on any atom is -0.361 e. The van der Waals surface area contributed by atoms with Crippen LogP contribution in [0, 0.1) is 0 Å². The van der Waals surface area contributed by atoms with Crippen LogP contribution in [0.5, 0.6) is 0 Å². The van der Waals surface area contributed by atoms with Crippen LogP contribution in [0.4, 0.5) is 0 Å². The predicted molar refractivity (Wildman–Crippen MR) is 108 cm³/mol. The Hall–Kier alpha value is -1.49. The zero-order valence-corrected chi connectivity index (χ0v) is 15.3. The maximum absolute atomic E-state index is 3.65. The zero-order chi connectivity index (χ0) is 16.2. The number of thiophene rings is 1. The number of fused-ring (bicyclic) bond motifs is 1. The van der Waals surface area contributed by atoms with Gasteiger partial charge < -0.3 is 10.3 Å². The number of H-pyrrole nitrogens is 1. The van der Waals surface area contributed by atoms with E-state index in [1.807, 2.05) is 29.3 Å². The van der Waals surface area contributed by atoms with Crippen LogP contribution in [0.15, 0.2) is 54.1 Å². The molecule has 124 valence electrons. The molecular formula is C20H22N2S2. The van der Waals surface area contributed by atoms with E-state index in [-0.39, 0.29) is 0 Å². The second-order valence-electron chi connectivity index (χ2n) is 6.21. The Morgan fingerprint density at radius 2 is 2.17 bits per heavy atom. The molecule has 3 aromatic rings. The quantitative estimate of drug-likeness (QED) is 0.588. The van der Waals surface area contributed by atoms with Crippen molar-refractivity contribution in [3.05, 3.63) is 64.5 Å². The van der Waals surface area contributed by atoms with Gasteiger partial charge in [-0.15, -0.1) is 11.3 Å². The lowest BCUT2D eigenvalue weighted by molar-refractivity contribution is 0.525. The topological polar surface area (TPSA) is 27.8 Å². The fourth-order valence-electron chi connectivity index (χ4n) is 3.32. The van der Waals surface area contributed by atoms with Crippen molar-refractivity contribution in [2.75, 3.05) is 12.3 Å². The third kappa shape index (κ3) is 3.61. The molecule has 4 heteroatoms. The van der Waals surface area contributed by atoms with Gasteiger partial charge >= 0.3 is 0 Å². The van der Waals surface area contributed by atoms with Crippen LogP contribution in [0.25, 0.3) is 16.5 Å². The van der Waals surface area contributed by atoms with E-state index in [9.17, 15) is 0 Å². The first kappa shape index (κ1) is 16.0. The minimum absolute atomic E-state index is 0.614. The van der Waals surface area contributed by atoms with Crippen molar-refractivity contribution >= 4 is 39.6 Å². The molecule has 0 fully saturated rings. The van der Waals surface area contributed by atoms with Crippen molar-refractivity contribution in [3.8, 4) is 0 Å². The molecule has 2 nitrogen and oxygen atoms in total. The fraction of sp³-hybridized carbons (Fsp3) is 0.300. The standard InChI is InChI=1S/C20H22N2S2/c1-3-16(18-7-10-22-19(18)4-1)14-23-12-8-17-13-15(6-9-21-17)20-5-2-11-24-20/h1-7,10-11,17,21-22H,8-9,12-14H2. The lowest BCUT2D eigenvalue weighted by Gasteiger charge is -2.23. The highest BCUT2D eigenvalue weighted by atomic mass is 32.2. The predicted octanol–water partition coefficient (Wildman–Crippen LogP) is 5.30. The molecule has 1 aliphatic heterocycles. The SMILES string of the molecule is C1=C(c2cccs2)CC(CCSCc2cccc3[nH]ccc23)NC1. The lowest BCUT2D eigenvalue weighted by Crippen LogP contribution is -2.33. The molecule has 0 saturated carbocycles. The molecule has 2 N–H and O–H groups in total. The summed E-state index contributed by atoms with van der Waals surface area (Å²) < 4.78 is 0. The first-order valence-corrected chi connectivity index (χ1v) is 10.5. The first-order valence-electron chi connectivity index (χ1n) is 8.49. The van der Waals surface area contributed by atoms with E-state index in [1.165, 1.54) is 39.1 Å². The molecule has 0 radical (unpaired) electrons. The number of benzene rings is 1. The molecule has 0 aliphatic carbocycles. The average Bonchev–Trinajstić information content (AvgIpc) is 3.30. The summed E-state index contributed by atoms with van der Waals surface area (Å²) >= 11 is 3.90. The summed E-state index contributed by atoms with van der Waals surface area (Å²) in [6.45, 7) is 1.01. The van der Waals surface area contributed by atoms with Crippen LogP contribution in [0.1, 0.15) is 23.3 Å². The number of nitrogens with one attached hydrogen (secondary N) is 2. The van der Waals surface area contributed by atoms with Gasteiger partial charge in [0, 0.05) is 40.3 Å². The zero-order valence-electron chi connectivity index (χ0n) is 13.6. The molecule has 1 aromatic carbocycles. The van der Waals surface area contributed by atoms with Gasteiger partial charge in [-0.1, -0.05) is 24.3 Å². The first-order chi connectivity index (χ1) is 11.9. The van der Waals surface area contributed by atoms with Crippen molar-refractivity contribution in [1.82, 2.24) is 10.3 Å². The smallest absolute Gasteiger partial charge is 0.0457 e. The van der Waals surface area contributed by atoms with Gasteiger partial charge in [0.15, 0.2) is 0 Å². The van der Waals surface area contributed by atoms with E-state index in [0.717, 1.165) is 18.7 Å². The van der Waals surface area contributed by atoms with E-state index in [4.69, 9.17) is 0 Å². The summed E-state index contributed by atoms with van der Waals surface area (Å²) in [4.78, 5) is 4.73. The summed E-state index contributed by atoms with van der Waals surface area (Å²) in [5.74, 6) is 2.30. The maximum atomic E-state index is 3.65. The minimum atomic E-state index is 0.614. The van der Waals surface area contributed by atoms with Crippen molar-refractivity contribution in [2.45, 2.75) is 24.6 Å². The number of rotatable bonds is 6. The number of aromatic amines is 1. The van der Waals surface area contributed by atoms with Crippen molar-refractivity contribution in [2.24, 2.45) is 0 Å². The van der Waals surface area contributed by atoms with Crippen LogP contribution in [0.3, 0.4) is 0 Å². The van der Waals surface area contributed by atoms with Crippen LogP contribution in [-0.4, -0.2) is 23.3 Å². The van der Waals surface area contributed by atoms with Crippen molar-refractivity contribution < 1.29 is 0 Å². The molecule has 4 rings (SSSR count). The normalized spacial score (nSPS) is 18.0. The van der Waals surface area contributed by atoms with Gasteiger partial charge in [0.2, 0.25) is 0 Å². The summed E-state index contributed by atoms with van der Waals surface area (Å²) in [5.41, 5.74) is 4.21. The Morgan fingerprint density at radius 3 is 3.08 bits per heavy atom. The number of aromatic nitrogens is 1. The molecule has 0 saturated heterocycles. The Kier molecular flexibility index (Phi) is 5.07. The second-order valence-corrected chi connectivity index (χ2v) is 8.27. The summed E-state index contributed by atoms with van der Waals surface area (Å²) in [6, 6.07) is 13.7. The van der Waals surface area contributed by atoms with Gasteiger partial charge in [0.05, 0.1) is 0 Å². The van der Waals surface area contributed by atoms with Crippen LogP contribution >= 0.6 is 23.1 Å².